The fourth-order valence-corrected chi connectivity index (χ4v) is 4.07. The van der Waals surface area contributed by atoms with E-state index in [2.05, 4.69) is 0 Å². The van der Waals surface area contributed by atoms with Crippen LogP contribution < -0.4 is 0 Å². The number of benzene rings is 2. The number of hydrogen-bond acceptors (Lipinski definition) is 3. The van der Waals surface area contributed by atoms with E-state index < -0.39 is 11.4 Å². The number of aromatic nitrogens is 1. The van der Waals surface area contributed by atoms with Crippen molar-refractivity contribution in [3.05, 3.63) is 59.1 Å². The molecule has 0 saturated heterocycles. The number of nitrogens with zero attached hydrogens (tertiary/aromatic N) is 1. The van der Waals surface area contributed by atoms with E-state index in [1.165, 1.54) is 0 Å². The van der Waals surface area contributed by atoms with Crippen LogP contribution in [0.2, 0.25) is 5.02 Å². The fourth-order valence-electron chi connectivity index (χ4n) is 3.82. The van der Waals surface area contributed by atoms with E-state index in [9.17, 15) is 9.59 Å². The molecule has 3 aromatic rings. The first kappa shape index (κ1) is 18.1. The highest BCUT2D eigenvalue weighted by atomic mass is 35.5. The SMILES string of the molecule is CC1(CC(=O)OCCCl)C(=O)n2c(cc3cc(Cl)ccc32)-c2ccccc21. The molecule has 4 rings (SSSR count). The van der Waals surface area contributed by atoms with Crippen LogP contribution in [0, 0.1) is 0 Å². The Kier molecular flexibility index (Phi) is 4.49. The van der Waals surface area contributed by atoms with Gasteiger partial charge in [-0.3, -0.25) is 14.2 Å². The summed E-state index contributed by atoms with van der Waals surface area (Å²) in [6, 6.07) is 15.1. The first-order valence-corrected chi connectivity index (χ1v) is 9.54. The number of rotatable bonds is 4. The van der Waals surface area contributed by atoms with Crippen LogP contribution >= 0.6 is 23.2 Å². The van der Waals surface area contributed by atoms with Gasteiger partial charge in [-0.2, -0.15) is 0 Å². The third-order valence-electron chi connectivity index (χ3n) is 5.07. The van der Waals surface area contributed by atoms with Gasteiger partial charge in [0.05, 0.1) is 28.9 Å². The molecular formula is C21H17Cl2NO3. The van der Waals surface area contributed by atoms with Crippen LogP contribution in [0.15, 0.2) is 48.5 Å². The molecule has 0 N–H and O–H groups in total. The van der Waals surface area contributed by atoms with Gasteiger partial charge in [0.1, 0.15) is 6.61 Å². The minimum Gasteiger partial charge on any atom is -0.464 e. The average molecular weight is 402 g/mol. The Morgan fingerprint density at radius 3 is 2.74 bits per heavy atom. The van der Waals surface area contributed by atoms with Gasteiger partial charge in [-0.1, -0.05) is 35.9 Å². The van der Waals surface area contributed by atoms with Crippen LogP contribution in [0.3, 0.4) is 0 Å². The molecule has 0 bridgehead atoms. The van der Waals surface area contributed by atoms with Crippen LogP contribution in [-0.4, -0.2) is 28.9 Å². The maximum Gasteiger partial charge on any atom is 0.307 e. The largest absolute Gasteiger partial charge is 0.464 e. The van der Waals surface area contributed by atoms with Gasteiger partial charge >= 0.3 is 5.97 Å². The predicted octanol–water partition coefficient (Wildman–Crippen LogP) is 5.05. The van der Waals surface area contributed by atoms with Crippen LogP contribution in [0.1, 0.15) is 23.7 Å². The van der Waals surface area contributed by atoms with E-state index in [0.29, 0.717) is 5.02 Å². The third-order valence-corrected chi connectivity index (χ3v) is 5.46. The first-order chi connectivity index (χ1) is 13.0. The Morgan fingerprint density at radius 2 is 1.96 bits per heavy atom. The van der Waals surface area contributed by atoms with Gasteiger partial charge in [-0.25, -0.2) is 0 Å². The summed E-state index contributed by atoms with van der Waals surface area (Å²) in [5, 5.41) is 1.49. The summed E-state index contributed by atoms with van der Waals surface area (Å²) in [7, 11) is 0. The highest BCUT2D eigenvalue weighted by Crippen LogP contribution is 2.44. The van der Waals surface area contributed by atoms with Gasteiger partial charge in [0.15, 0.2) is 0 Å². The number of esters is 1. The quantitative estimate of drug-likeness (QED) is 0.454. The topological polar surface area (TPSA) is 48.3 Å². The number of hydrogen-bond donors (Lipinski definition) is 0. The summed E-state index contributed by atoms with van der Waals surface area (Å²) in [6.07, 6.45) is -0.0492. The molecule has 1 aliphatic heterocycles. The molecule has 2 heterocycles. The van der Waals surface area contributed by atoms with Gasteiger partial charge in [0.2, 0.25) is 5.91 Å². The fraction of sp³-hybridized carbons (Fsp3) is 0.238. The number of carbonyl (C=O) groups excluding carboxylic acids is 2. The lowest BCUT2D eigenvalue weighted by atomic mass is 9.73. The van der Waals surface area contributed by atoms with Crippen molar-refractivity contribution in [3.63, 3.8) is 0 Å². The number of alkyl halides is 1. The van der Waals surface area contributed by atoms with Gasteiger partial charge < -0.3 is 4.74 Å². The van der Waals surface area contributed by atoms with E-state index in [1.807, 2.05) is 42.5 Å². The highest BCUT2D eigenvalue weighted by Gasteiger charge is 2.45. The molecule has 1 unspecified atom stereocenters. The number of halogens is 2. The van der Waals surface area contributed by atoms with Crippen molar-refractivity contribution in [1.29, 1.82) is 0 Å². The molecule has 4 nitrogen and oxygen atoms in total. The summed E-state index contributed by atoms with van der Waals surface area (Å²) >= 11 is 11.7. The Hall–Kier alpha value is -2.30. The second kappa shape index (κ2) is 6.70. The van der Waals surface area contributed by atoms with Crippen molar-refractivity contribution in [2.75, 3.05) is 12.5 Å². The molecule has 0 aliphatic carbocycles. The Balaban J connectivity index is 1.91. The lowest BCUT2D eigenvalue weighted by Crippen LogP contribution is -2.42. The van der Waals surface area contributed by atoms with E-state index in [4.69, 9.17) is 27.9 Å². The smallest absolute Gasteiger partial charge is 0.307 e. The van der Waals surface area contributed by atoms with Gasteiger partial charge in [0.25, 0.3) is 0 Å². The van der Waals surface area contributed by atoms with Gasteiger partial charge in [0, 0.05) is 16.0 Å². The monoisotopic (exact) mass is 401 g/mol. The van der Waals surface area contributed by atoms with Crippen molar-refractivity contribution in [3.8, 4) is 11.3 Å². The molecule has 0 spiro atoms. The average Bonchev–Trinajstić information content (AvgIpc) is 3.03. The summed E-state index contributed by atoms with van der Waals surface area (Å²) < 4.78 is 6.83. The predicted molar refractivity (Wildman–Crippen MR) is 107 cm³/mol. The van der Waals surface area contributed by atoms with Crippen LogP contribution in [0.25, 0.3) is 22.2 Å². The second-order valence-electron chi connectivity index (χ2n) is 6.84. The summed E-state index contributed by atoms with van der Waals surface area (Å²) in [4.78, 5) is 25.9. The number of ether oxygens (including phenoxy) is 1. The zero-order valence-corrected chi connectivity index (χ0v) is 16.2. The summed E-state index contributed by atoms with van der Waals surface area (Å²) in [6.45, 7) is 1.92. The standard InChI is InChI=1S/C21H17Cl2NO3/c1-21(12-19(25)27-9-8-22)16-5-3-2-4-15(16)18-11-13-10-14(23)6-7-17(13)24(18)20(21)26/h2-7,10-11H,8-9,12H2,1H3. The Morgan fingerprint density at radius 1 is 1.19 bits per heavy atom. The molecule has 2 aromatic carbocycles. The lowest BCUT2D eigenvalue weighted by molar-refractivity contribution is -0.144. The molecular weight excluding hydrogens is 385 g/mol. The van der Waals surface area contributed by atoms with Crippen molar-refractivity contribution >= 4 is 46.0 Å². The molecule has 1 aliphatic rings. The zero-order chi connectivity index (χ0) is 19.2. The molecule has 0 radical (unpaired) electrons. The maximum atomic E-state index is 13.6. The summed E-state index contributed by atoms with van der Waals surface area (Å²) in [5.74, 6) is -0.374. The minimum absolute atomic E-state index is 0.0492. The minimum atomic E-state index is -1.03. The van der Waals surface area contributed by atoms with Crippen LogP contribution in [0.5, 0.6) is 0 Å². The van der Waals surface area contributed by atoms with E-state index in [-0.39, 0.29) is 24.8 Å². The maximum absolute atomic E-state index is 13.6. The lowest BCUT2D eigenvalue weighted by Gasteiger charge is -2.35. The zero-order valence-electron chi connectivity index (χ0n) is 14.7. The first-order valence-electron chi connectivity index (χ1n) is 8.63. The van der Waals surface area contributed by atoms with Crippen LogP contribution in [-0.2, 0) is 14.9 Å². The second-order valence-corrected chi connectivity index (χ2v) is 7.65. The Labute approximate surface area is 166 Å². The normalized spacial score (nSPS) is 18.3. The molecule has 0 amide bonds. The third kappa shape index (κ3) is 2.84. The van der Waals surface area contributed by atoms with Crippen molar-refractivity contribution in [2.45, 2.75) is 18.8 Å². The molecule has 0 saturated carbocycles. The van der Waals surface area contributed by atoms with Crippen molar-refractivity contribution in [2.24, 2.45) is 0 Å². The molecule has 0 fully saturated rings. The van der Waals surface area contributed by atoms with E-state index in [1.54, 1.807) is 17.6 Å². The molecule has 1 atom stereocenters. The van der Waals surface area contributed by atoms with Gasteiger partial charge in [-0.15, -0.1) is 11.6 Å². The van der Waals surface area contributed by atoms with Crippen LogP contribution in [0.4, 0.5) is 0 Å². The highest BCUT2D eigenvalue weighted by molar-refractivity contribution is 6.31. The molecule has 6 heteroatoms. The number of carbonyl (C=O) groups is 2. The summed E-state index contributed by atoms with van der Waals surface area (Å²) in [5.41, 5.74) is 2.29. The van der Waals surface area contributed by atoms with E-state index in [0.717, 1.165) is 27.7 Å². The van der Waals surface area contributed by atoms with Crippen molar-refractivity contribution in [1.82, 2.24) is 4.57 Å². The van der Waals surface area contributed by atoms with Gasteiger partial charge in [-0.05, 0) is 36.8 Å². The molecule has 27 heavy (non-hydrogen) atoms. The van der Waals surface area contributed by atoms with Crippen molar-refractivity contribution < 1.29 is 14.3 Å². The Bertz CT molecular complexity index is 1070. The number of fused-ring (bicyclic) bond motifs is 5. The molecule has 138 valence electrons. The molecule has 1 aromatic heterocycles. The van der Waals surface area contributed by atoms with E-state index >= 15 is 0 Å².